The lowest BCUT2D eigenvalue weighted by atomic mass is 10.1. The first-order chi connectivity index (χ1) is 13.6. The third-order valence-corrected chi connectivity index (χ3v) is 4.82. The van der Waals surface area contributed by atoms with Gasteiger partial charge in [0.25, 0.3) is 11.8 Å². The Labute approximate surface area is 166 Å². The number of amides is 2. The van der Waals surface area contributed by atoms with E-state index in [0.29, 0.717) is 27.6 Å². The maximum absolute atomic E-state index is 12.8. The summed E-state index contributed by atoms with van der Waals surface area (Å²) in [5, 5.41) is 13.2. The van der Waals surface area contributed by atoms with Crippen molar-refractivity contribution in [2.24, 2.45) is 0 Å². The molecule has 1 aromatic heterocycles. The van der Waals surface area contributed by atoms with Crippen LogP contribution in [0.1, 0.15) is 20.0 Å². The van der Waals surface area contributed by atoms with Crippen LogP contribution in [0.25, 0.3) is 0 Å². The number of benzene rings is 2. The second kappa shape index (κ2) is 8.84. The van der Waals surface area contributed by atoms with Gasteiger partial charge in [0.2, 0.25) is 0 Å². The zero-order valence-corrected chi connectivity index (χ0v) is 15.9. The molecular formula is C21H17N3O3S. The minimum absolute atomic E-state index is 0.0380. The molecule has 0 fully saturated rings. The molecule has 0 bridgehead atoms. The van der Waals surface area contributed by atoms with Gasteiger partial charge in [-0.05, 0) is 47.8 Å². The molecule has 0 saturated heterocycles. The number of nitrogens with one attached hydrogen (secondary N) is 1. The fraction of sp³-hybridized carbons (Fsp3) is 0.0952. The third kappa shape index (κ3) is 4.37. The highest BCUT2D eigenvalue weighted by molar-refractivity contribution is 7.12. The van der Waals surface area contributed by atoms with Gasteiger partial charge in [-0.25, -0.2) is 0 Å². The van der Waals surface area contributed by atoms with Crippen molar-refractivity contribution >= 4 is 34.5 Å². The number of carbonyl (C=O) groups excluding carboxylic acids is 2. The lowest BCUT2D eigenvalue weighted by Gasteiger charge is -2.20. The van der Waals surface area contributed by atoms with Gasteiger partial charge >= 0.3 is 0 Å². The summed E-state index contributed by atoms with van der Waals surface area (Å²) in [7, 11) is 1.65. The summed E-state index contributed by atoms with van der Waals surface area (Å²) < 4.78 is 5.20. The van der Waals surface area contributed by atoms with E-state index in [9.17, 15) is 9.59 Å². The molecule has 0 aliphatic rings. The van der Waals surface area contributed by atoms with Crippen LogP contribution in [0.5, 0.6) is 5.75 Å². The molecule has 2 aromatic carbocycles. The fourth-order valence-corrected chi connectivity index (χ4v) is 3.28. The van der Waals surface area contributed by atoms with Crippen molar-refractivity contribution in [3.05, 3.63) is 76.5 Å². The summed E-state index contributed by atoms with van der Waals surface area (Å²) >= 11 is 1.35. The molecule has 3 aromatic rings. The third-order valence-electron chi connectivity index (χ3n) is 3.96. The minimum atomic E-state index is -0.327. The van der Waals surface area contributed by atoms with E-state index in [1.165, 1.54) is 16.2 Å². The first-order valence-electron chi connectivity index (χ1n) is 8.42. The summed E-state index contributed by atoms with van der Waals surface area (Å²) in [4.78, 5) is 27.5. The zero-order valence-electron chi connectivity index (χ0n) is 15.1. The van der Waals surface area contributed by atoms with E-state index in [1.54, 1.807) is 61.6 Å². The molecule has 28 heavy (non-hydrogen) atoms. The number of carbonyl (C=O) groups is 2. The van der Waals surface area contributed by atoms with Gasteiger partial charge in [0, 0.05) is 12.7 Å². The van der Waals surface area contributed by atoms with Crippen LogP contribution in [-0.2, 0) is 0 Å². The maximum atomic E-state index is 12.8. The van der Waals surface area contributed by atoms with Gasteiger partial charge in [-0.15, -0.1) is 11.3 Å². The quantitative estimate of drug-likeness (QED) is 0.683. The Balaban J connectivity index is 1.77. The summed E-state index contributed by atoms with van der Waals surface area (Å²) in [6.45, 7) is -0.0380. The number of thiophene rings is 1. The summed E-state index contributed by atoms with van der Waals surface area (Å²) in [6.07, 6.45) is 0. The molecule has 7 heteroatoms. The molecule has 0 atom stereocenters. The maximum Gasteiger partial charge on any atom is 0.268 e. The molecule has 0 aliphatic heterocycles. The Kier molecular flexibility index (Phi) is 6.04. The van der Waals surface area contributed by atoms with Gasteiger partial charge < -0.3 is 15.0 Å². The van der Waals surface area contributed by atoms with Crippen molar-refractivity contribution in [1.29, 1.82) is 5.26 Å². The number of anilines is 2. The van der Waals surface area contributed by atoms with E-state index < -0.39 is 0 Å². The first kappa shape index (κ1) is 19.1. The van der Waals surface area contributed by atoms with Crippen molar-refractivity contribution in [2.45, 2.75) is 0 Å². The Morgan fingerprint density at radius 3 is 2.54 bits per heavy atom. The number of nitriles is 1. The number of para-hydroxylation sites is 1. The van der Waals surface area contributed by atoms with Gasteiger partial charge in [0.05, 0.1) is 16.1 Å². The van der Waals surface area contributed by atoms with Crippen LogP contribution in [0.2, 0.25) is 0 Å². The van der Waals surface area contributed by atoms with Crippen LogP contribution in [0.15, 0.2) is 66.0 Å². The molecule has 0 saturated carbocycles. The molecule has 140 valence electrons. The molecular weight excluding hydrogens is 374 g/mol. The molecule has 0 spiro atoms. The fourth-order valence-electron chi connectivity index (χ4n) is 2.58. The smallest absolute Gasteiger partial charge is 0.268 e. The van der Waals surface area contributed by atoms with Crippen molar-refractivity contribution in [3.63, 3.8) is 0 Å². The van der Waals surface area contributed by atoms with Crippen molar-refractivity contribution < 1.29 is 14.3 Å². The largest absolute Gasteiger partial charge is 0.479 e. The van der Waals surface area contributed by atoms with E-state index in [1.807, 2.05) is 17.5 Å². The van der Waals surface area contributed by atoms with E-state index in [2.05, 4.69) is 5.32 Å². The highest BCUT2D eigenvalue weighted by atomic mass is 32.1. The monoisotopic (exact) mass is 391 g/mol. The van der Waals surface area contributed by atoms with Crippen molar-refractivity contribution in [1.82, 2.24) is 0 Å². The lowest BCUT2D eigenvalue weighted by Crippen LogP contribution is -2.28. The van der Waals surface area contributed by atoms with Crippen LogP contribution in [-0.4, -0.2) is 25.5 Å². The molecule has 6 nitrogen and oxygen atoms in total. The number of nitrogens with zero attached hydrogens (tertiary/aromatic N) is 2. The Hall–Kier alpha value is -3.63. The van der Waals surface area contributed by atoms with Gasteiger partial charge in [0.15, 0.2) is 6.61 Å². The van der Waals surface area contributed by atoms with Crippen LogP contribution in [0, 0.1) is 11.3 Å². The van der Waals surface area contributed by atoms with Gasteiger partial charge in [-0.1, -0.05) is 18.2 Å². The van der Waals surface area contributed by atoms with E-state index in [0.717, 1.165) is 0 Å². The average molecular weight is 391 g/mol. The van der Waals surface area contributed by atoms with Crippen LogP contribution in [0.3, 0.4) is 0 Å². The van der Waals surface area contributed by atoms with E-state index >= 15 is 0 Å². The molecule has 0 aliphatic carbocycles. The second-order valence-electron chi connectivity index (χ2n) is 5.78. The van der Waals surface area contributed by atoms with Gasteiger partial charge in [0.1, 0.15) is 11.8 Å². The molecule has 3 rings (SSSR count). The predicted octanol–water partition coefficient (Wildman–Crippen LogP) is 4.18. The molecule has 1 heterocycles. The highest BCUT2D eigenvalue weighted by Gasteiger charge is 2.20. The van der Waals surface area contributed by atoms with Crippen LogP contribution < -0.4 is 15.0 Å². The Bertz CT molecular complexity index is 1010. The van der Waals surface area contributed by atoms with Crippen LogP contribution >= 0.6 is 11.3 Å². The summed E-state index contributed by atoms with van der Waals surface area (Å²) in [6, 6.07) is 19.1. The number of ether oxygens (including phenoxy) is 1. The van der Waals surface area contributed by atoms with Crippen molar-refractivity contribution in [2.75, 3.05) is 23.9 Å². The zero-order chi connectivity index (χ0) is 19.9. The SMILES string of the molecule is CN(C(=O)c1cccs1)c1ccccc1C(=O)Nc1ccc(OCC#N)cc1. The Morgan fingerprint density at radius 2 is 1.86 bits per heavy atom. The first-order valence-corrected chi connectivity index (χ1v) is 9.30. The standard InChI is InChI=1S/C21H17N3O3S/c1-24(21(26)19-7-4-14-28-19)18-6-3-2-5-17(18)20(25)23-15-8-10-16(11-9-15)27-13-12-22/h2-11,14H,13H2,1H3,(H,23,25). The topological polar surface area (TPSA) is 82.4 Å². The predicted molar refractivity (Wildman–Crippen MR) is 109 cm³/mol. The van der Waals surface area contributed by atoms with Gasteiger partial charge in [-0.3, -0.25) is 9.59 Å². The number of rotatable bonds is 6. The van der Waals surface area contributed by atoms with E-state index in [4.69, 9.17) is 10.00 Å². The van der Waals surface area contributed by atoms with Crippen LogP contribution in [0.4, 0.5) is 11.4 Å². The molecule has 0 unspecified atom stereocenters. The Morgan fingerprint density at radius 1 is 1.11 bits per heavy atom. The number of hydrogen-bond acceptors (Lipinski definition) is 5. The minimum Gasteiger partial charge on any atom is -0.479 e. The van der Waals surface area contributed by atoms with Crippen molar-refractivity contribution in [3.8, 4) is 11.8 Å². The molecule has 1 N–H and O–H groups in total. The van der Waals surface area contributed by atoms with E-state index in [-0.39, 0.29) is 18.4 Å². The second-order valence-corrected chi connectivity index (χ2v) is 6.73. The summed E-state index contributed by atoms with van der Waals surface area (Å²) in [5.74, 6) is 0.0441. The number of hydrogen-bond donors (Lipinski definition) is 1. The van der Waals surface area contributed by atoms with Gasteiger partial charge in [-0.2, -0.15) is 5.26 Å². The molecule has 0 radical (unpaired) electrons. The molecule has 2 amide bonds. The summed E-state index contributed by atoms with van der Waals surface area (Å²) in [5.41, 5.74) is 1.49. The lowest BCUT2D eigenvalue weighted by molar-refractivity contribution is 0.0996. The average Bonchev–Trinajstić information content (AvgIpc) is 3.27. The normalized spacial score (nSPS) is 10.0. The highest BCUT2D eigenvalue weighted by Crippen LogP contribution is 2.24.